The number of nitrogens with zero attached hydrogens (tertiary/aromatic N) is 4. The second-order valence-electron chi connectivity index (χ2n) is 4.66. The summed E-state index contributed by atoms with van der Waals surface area (Å²) in [7, 11) is 0. The molecule has 0 saturated heterocycles. The summed E-state index contributed by atoms with van der Waals surface area (Å²) < 4.78 is 7.06. The fraction of sp³-hybridized carbons (Fsp3) is 0.200. The van der Waals surface area contributed by atoms with Gasteiger partial charge in [0.25, 0.3) is 0 Å². The molecule has 0 aromatic carbocycles. The molecule has 0 radical (unpaired) electrons. The molecule has 3 aromatic rings. The molecule has 0 unspecified atom stereocenters. The van der Waals surface area contributed by atoms with Gasteiger partial charge in [0.2, 0.25) is 0 Å². The topological polar surface area (TPSA) is 69.9 Å². The molecule has 1 atom stereocenters. The molecule has 0 bridgehead atoms. The Morgan fingerprint density at radius 3 is 2.86 bits per heavy atom. The van der Waals surface area contributed by atoms with Crippen molar-refractivity contribution >= 4 is 17.3 Å². The molecule has 0 saturated carbocycles. The molecular formula is C15H14N4O2S. The minimum atomic E-state index is -0.414. The third kappa shape index (κ3) is 2.75. The lowest BCUT2D eigenvalue weighted by molar-refractivity contribution is 0.0336. The first-order chi connectivity index (χ1) is 10.7. The second kappa shape index (κ2) is 6.07. The standard InChI is InChI=1S/C15H14N4O2S/c1-10-12(9-18-19(10)13-5-3-4-6-16-13)15(20)21-11(2)14-17-7-8-22-14/h3-9,11H,1-2H3/t11-/m1/s1. The maximum Gasteiger partial charge on any atom is 0.342 e. The first-order valence-corrected chi connectivity index (χ1v) is 7.61. The molecule has 0 aliphatic carbocycles. The fourth-order valence-electron chi connectivity index (χ4n) is 2.03. The van der Waals surface area contributed by atoms with Crippen LogP contribution in [0.15, 0.2) is 42.2 Å². The lowest BCUT2D eigenvalue weighted by Gasteiger charge is -2.10. The molecule has 22 heavy (non-hydrogen) atoms. The molecular weight excluding hydrogens is 300 g/mol. The highest BCUT2D eigenvalue weighted by Crippen LogP contribution is 2.21. The highest BCUT2D eigenvalue weighted by atomic mass is 32.1. The van der Waals surface area contributed by atoms with E-state index in [0.29, 0.717) is 17.1 Å². The van der Waals surface area contributed by atoms with Crippen LogP contribution < -0.4 is 0 Å². The number of thiazole rings is 1. The van der Waals surface area contributed by atoms with Gasteiger partial charge in [-0.25, -0.2) is 19.4 Å². The van der Waals surface area contributed by atoms with E-state index in [1.807, 2.05) is 30.5 Å². The zero-order chi connectivity index (χ0) is 15.5. The van der Waals surface area contributed by atoms with Gasteiger partial charge < -0.3 is 4.74 Å². The number of ether oxygens (including phenoxy) is 1. The predicted molar refractivity (Wildman–Crippen MR) is 82.0 cm³/mol. The van der Waals surface area contributed by atoms with Crippen molar-refractivity contribution in [1.82, 2.24) is 19.7 Å². The van der Waals surface area contributed by atoms with E-state index in [9.17, 15) is 4.79 Å². The molecule has 0 fully saturated rings. The minimum Gasteiger partial charge on any atom is -0.452 e. The Morgan fingerprint density at radius 2 is 2.18 bits per heavy atom. The van der Waals surface area contributed by atoms with Crippen LogP contribution in [0.4, 0.5) is 0 Å². The molecule has 0 aliphatic heterocycles. The van der Waals surface area contributed by atoms with E-state index in [1.54, 1.807) is 24.0 Å². The van der Waals surface area contributed by atoms with Gasteiger partial charge in [0.15, 0.2) is 11.9 Å². The Balaban J connectivity index is 1.81. The summed E-state index contributed by atoms with van der Waals surface area (Å²) in [6.07, 6.45) is 4.49. The van der Waals surface area contributed by atoms with Crippen molar-refractivity contribution in [2.24, 2.45) is 0 Å². The summed E-state index contributed by atoms with van der Waals surface area (Å²) in [5, 5.41) is 6.84. The molecule has 112 valence electrons. The highest BCUT2D eigenvalue weighted by Gasteiger charge is 2.20. The predicted octanol–water partition coefficient (Wildman–Crippen LogP) is 2.95. The number of carbonyl (C=O) groups excluding carboxylic acids is 1. The van der Waals surface area contributed by atoms with E-state index >= 15 is 0 Å². The lowest BCUT2D eigenvalue weighted by Crippen LogP contribution is -2.10. The Kier molecular flexibility index (Phi) is 3.97. The third-order valence-electron chi connectivity index (χ3n) is 3.18. The Morgan fingerprint density at radius 1 is 1.32 bits per heavy atom. The molecule has 7 heteroatoms. The highest BCUT2D eigenvalue weighted by molar-refractivity contribution is 7.09. The van der Waals surface area contributed by atoms with Crippen LogP contribution in [0.1, 0.15) is 34.1 Å². The number of esters is 1. The van der Waals surface area contributed by atoms with Crippen LogP contribution in [0.25, 0.3) is 5.82 Å². The van der Waals surface area contributed by atoms with Gasteiger partial charge in [0.05, 0.1) is 11.9 Å². The molecule has 6 nitrogen and oxygen atoms in total. The number of hydrogen-bond donors (Lipinski definition) is 0. The average Bonchev–Trinajstić information content (AvgIpc) is 3.17. The molecule has 0 amide bonds. The minimum absolute atomic E-state index is 0.384. The summed E-state index contributed by atoms with van der Waals surface area (Å²) in [4.78, 5) is 20.7. The molecule has 0 spiro atoms. The Labute approximate surface area is 131 Å². The van der Waals surface area contributed by atoms with Gasteiger partial charge in [-0.2, -0.15) is 5.10 Å². The molecule has 3 heterocycles. The van der Waals surface area contributed by atoms with Crippen LogP contribution in [0.5, 0.6) is 0 Å². The van der Waals surface area contributed by atoms with Crippen LogP contribution >= 0.6 is 11.3 Å². The van der Waals surface area contributed by atoms with Crippen LogP contribution in [-0.2, 0) is 4.74 Å². The van der Waals surface area contributed by atoms with Crippen molar-refractivity contribution in [1.29, 1.82) is 0 Å². The van der Waals surface area contributed by atoms with Crippen molar-refractivity contribution in [3.63, 3.8) is 0 Å². The second-order valence-corrected chi connectivity index (χ2v) is 5.59. The normalized spacial score (nSPS) is 12.1. The SMILES string of the molecule is Cc1c(C(=O)O[C@H](C)c2nccs2)cnn1-c1ccccn1. The fourth-order valence-corrected chi connectivity index (χ4v) is 2.65. The van der Waals surface area contributed by atoms with E-state index in [2.05, 4.69) is 15.1 Å². The van der Waals surface area contributed by atoms with Gasteiger partial charge in [-0.15, -0.1) is 11.3 Å². The van der Waals surface area contributed by atoms with Crippen molar-refractivity contribution < 1.29 is 9.53 Å². The van der Waals surface area contributed by atoms with Crippen molar-refractivity contribution in [3.05, 3.63) is 58.4 Å². The average molecular weight is 314 g/mol. The van der Waals surface area contributed by atoms with E-state index in [1.165, 1.54) is 17.5 Å². The number of aromatic nitrogens is 4. The third-order valence-corrected chi connectivity index (χ3v) is 4.12. The molecule has 0 N–H and O–H groups in total. The largest absolute Gasteiger partial charge is 0.452 e. The summed E-state index contributed by atoms with van der Waals surface area (Å²) in [6, 6.07) is 5.52. The monoisotopic (exact) mass is 314 g/mol. The maximum atomic E-state index is 12.3. The zero-order valence-corrected chi connectivity index (χ0v) is 12.9. The van der Waals surface area contributed by atoms with Gasteiger partial charge in [-0.05, 0) is 26.0 Å². The summed E-state index contributed by atoms with van der Waals surface area (Å²) in [6.45, 7) is 3.61. The molecule has 3 rings (SSSR count). The van der Waals surface area contributed by atoms with Crippen LogP contribution in [0, 0.1) is 6.92 Å². The molecule has 0 aliphatic rings. The van der Waals surface area contributed by atoms with E-state index in [0.717, 1.165) is 5.01 Å². The summed E-state index contributed by atoms with van der Waals surface area (Å²) in [5.41, 5.74) is 1.11. The van der Waals surface area contributed by atoms with Gasteiger partial charge in [-0.3, -0.25) is 0 Å². The van der Waals surface area contributed by atoms with Crippen molar-refractivity contribution in [2.45, 2.75) is 20.0 Å². The van der Waals surface area contributed by atoms with Gasteiger partial charge in [0, 0.05) is 17.8 Å². The maximum absolute atomic E-state index is 12.3. The summed E-state index contributed by atoms with van der Waals surface area (Å²) >= 11 is 1.46. The van der Waals surface area contributed by atoms with Gasteiger partial charge >= 0.3 is 5.97 Å². The first-order valence-electron chi connectivity index (χ1n) is 6.73. The molecule has 3 aromatic heterocycles. The van der Waals surface area contributed by atoms with E-state index < -0.39 is 5.97 Å². The smallest absolute Gasteiger partial charge is 0.342 e. The van der Waals surface area contributed by atoms with E-state index in [4.69, 9.17) is 4.74 Å². The quantitative estimate of drug-likeness (QED) is 0.692. The first kappa shape index (κ1) is 14.4. The van der Waals surface area contributed by atoms with Crippen LogP contribution in [0.2, 0.25) is 0 Å². The van der Waals surface area contributed by atoms with Crippen LogP contribution in [0.3, 0.4) is 0 Å². The number of carbonyl (C=O) groups is 1. The lowest BCUT2D eigenvalue weighted by atomic mass is 10.2. The Hall–Kier alpha value is -2.54. The Bertz CT molecular complexity index is 768. The number of hydrogen-bond acceptors (Lipinski definition) is 6. The van der Waals surface area contributed by atoms with E-state index in [-0.39, 0.29) is 6.10 Å². The van der Waals surface area contributed by atoms with Crippen molar-refractivity contribution in [2.75, 3.05) is 0 Å². The van der Waals surface area contributed by atoms with Gasteiger partial charge in [0.1, 0.15) is 10.6 Å². The number of pyridine rings is 1. The summed E-state index contributed by atoms with van der Waals surface area (Å²) in [5.74, 6) is 0.245. The number of rotatable bonds is 4. The zero-order valence-electron chi connectivity index (χ0n) is 12.1. The van der Waals surface area contributed by atoms with Crippen molar-refractivity contribution in [3.8, 4) is 5.82 Å². The van der Waals surface area contributed by atoms with Crippen LogP contribution in [-0.4, -0.2) is 25.7 Å². The van der Waals surface area contributed by atoms with Gasteiger partial charge in [-0.1, -0.05) is 6.07 Å².